The molecule has 0 aromatic heterocycles. The summed E-state index contributed by atoms with van der Waals surface area (Å²) >= 11 is 0. The predicted molar refractivity (Wildman–Crippen MR) is 349 cm³/mol. The van der Waals surface area contributed by atoms with Gasteiger partial charge in [-0.3, -0.25) is 38.4 Å². The lowest BCUT2D eigenvalue weighted by Gasteiger charge is -2.29. The van der Waals surface area contributed by atoms with Crippen molar-refractivity contribution in [3.05, 3.63) is 35.9 Å². The Bertz CT molecular complexity index is 2710. The highest BCUT2D eigenvalue weighted by Crippen LogP contribution is 2.14. The number of amides is 12. The van der Waals surface area contributed by atoms with Crippen molar-refractivity contribution in [3.63, 3.8) is 0 Å². The van der Waals surface area contributed by atoms with Gasteiger partial charge in [-0.15, -0.1) is 0 Å². The van der Waals surface area contributed by atoms with Crippen LogP contribution in [0.2, 0.25) is 0 Å². The van der Waals surface area contributed by atoms with Crippen LogP contribution in [0.25, 0.3) is 0 Å². The van der Waals surface area contributed by atoms with Gasteiger partial charge in [0, 0.05) is 51.7 Å². The van der Waals surface area contributed by atoms with E-state index in [1.807, 2.05) is 0 Å². The van der Waals surface area contributed by atoms with Gasteiger partial charge in [-0.2, -0.15) is 0 Å². The van der Waals surface area contributed by atoms with Gasteiger partial charge in [0.25, 0.3) is 0 Å². The van der Waals surface area contributed by atoms with E-state index in [1.165, 1.54) is 13.8 Å². The third-order valence-corrected chi connectivity index (χ3v) is 13.5. The zero-order valence-corrected chi connectivity index (χ0v) is 58.0. The van der Waals surface area contributed by atoms with Crippen molar-refractivity contribution < 1.29 is 86.7 Å². The summed E-state index contributed by atoms with van der Waals surface area (Å²) < 4.78 is 21.5. The highest BCUT2D eigenvalue weighted by Gasteiger charge is 2.37. The second-order valence-corrected chi connectivity index (χ2v) is 27.7. The number of hydrogen-bond acceptors (Lipinski definition) is 20. The number of rotatable bonds is 22. The Kier molecular flexibility index (Phi) is 34.1. The molecular formula is C63H108N14O18. The monoisotopic (exact) mass is 1350 g/mol. The zero-order valence-electron chi connectivity index (χ0n) is 58.0. The standard InChI is InChI=1S/C63H108N14O18/c1-35(2)32-44-52(84)73-42(25-30-68-58(90)94-62(11,12)13)50(82)72-43(26-31-69-59(91)95-63(14,15)16)51(83)77-47(37(4)79)55(87)65-27-22-39(71-49(81)41(74-54(86)46(64)36(3)78)24-29-67-57(89)93-61(8,9)10)34-70-40(23-28-66-56(88)92-60(5,6)7)48(80)76-45(53(85)75-44)33-38-20-18-17-19-21-38/h17-21,35-37,39-47,70,78-79H,22-34,64H2,1-16H3,(H,65,87)(H,66,88)(H,67,89)(H,68,90)(H,69,91)(H,71,81)(H,72,82)(H,73,84)(H,74,86)(H,75,85)(H,76,80)(H,77,83)/t36?,37-,39-,40-,41-,42-,43-,44-,45+,46-,47-/m0/s1. The van der Waals surface area contributed by atoms with E-state index in [2.05, 4.69) is 69.1 Å². The molecule has 0 bridgehead atoms. The van der Waals surface area contributed by atoms with Gasteiger partial charge in [-0.05, 0) is 147 Å². The van der Waals surface area contributed by atoms with E-state index < -0.39 is 161 Å². The van der Waals surface area contributed by atoms with Crippen molar-refractivity contribution in [1.29, 1.82) is 0 Å². The fourth-order valence-corrected chi connectivity index (χ4v) is 8.95. The largest absolute Gasteiger partial charge is 0.444 e. The number of alkyl carbamates (subject to hydrolysis) is 4. The first-order valence-electron chi connectivity index (χ1n) is 32.1. The first-order valence-corrected chi connectivity index (χ1v) is 32.1. The van der Waals surface area contributed by atoms with Gasteiger partial charge in [-0.1, -0.05) is 44.2 Å². The maximum atomic E-state index is 14.9. The van der Waals surface area contributed by atoms with Gasteiger partial charge in [0.15, 0.2) is 0 Å². The number of carbonyl (C=O) groups excluding carboxylic acids is 12. The van der Waals surface area contributed by atoms with Crippen molar-refractivity contribution in [2.75, 3.05) is 39.3 Å². The molecule has 1 aliphatic rings. The summed E-state index contributed by atoms with van der Waals surface area (Å²) in [6.07, 6.45) is -8.01. The van der Waals surface area contributed by atoms with Crippen molar-refractivity contribution in [1.82, 2.24) is 69.1 Å². The number of aliphatic hydroxyl groups is 2. The van der Waals surface area contributed by atoms with Gasteiger partial charge in [-0.25, -0.2) is 19.2 Å². The summed E-state index contributed by atoms with van der Waals surface area (Å²) in [5.41, 5.74) is 2.86. The number of ether oxygens (including phenoxy) is 4. The minimum Gasteiger partial charge on any atom is -0.444 e. The average Bonchev–Trinajstić information content (AvgIpc) is 1.17. The summed E-state index contributed by atoms with van der Waals surface area (Å²) in [5, 5.41) is 55.8. The van der Waals surface area contributed by atoms with Crippen molar-refractivity contribution in [2.45, 2.75) is 245 Å². The third kappa shape index (κ3) is 35.3. The molecule has 1 saturated heterocycles. The van der Waals surface area contributed by atoms with E-state index in [9.17, 15) is 67.7 Å². The number of nitrogens with one attached hydrogen (secondary N) is 13. The molecule has 2 rings (SSSR count). The first-order chi connectivity index (χ1) is 43.9. The van der Waals surface area contributed by atoms with Crippen LogP contribution in [0, 0.1) is 5.92 Å². The Morgan fingerprint density at radius 1 is 0.537 bits per heavy atom. The Hall–Kier alpha value is -8.10. The summed E-state index contributed by atoms with van der Waals surface area (Å²) in [6, 6.07) is -4.75. The summed E-state index contributed by atoms with van der Waals surface area (Å²) in [5.74, 6) is -7.75. The molecule has 0 spiro atoms. The van der Waals surface area contributed by atoms with Crippen molar-refractivity contribution >= 4 is 71.6 Å². The fourth-order valence-electron chi connectivity index (χ4n) is 8.95. The van der Waals surface area contributed by atoms with Gasteiger partial charge < -0.3 is 104 Å². The molecule has 95 heavy (non-hydrogen) atoms. The van der Waals surface area contributed by atoms with Crippen LogP contribution in [0.4, 0.5) is 19.2 Å². The Morgan fingerprint density at radius 3 is 1.38 bits per heavy atom. The maximum absolute atomic E-state index is 14.9. The molecule has 1 aromatic rings. The van der Waals surface area contributed by atoms with Crippen LogP contribution in [0.5, 0.6) is 0 Å². The van der Waals surface area contributed by atoms with Gasteiger partial charge in [0.2, 0.25) is 47.3 Å². The lowest BCUT2D eigenvalue weighted by Crippen LogP contribution is -2.61. The second-order valence-electron chi connectivity index (χ2n) is 27.7. The van der Waals surface area contributed by atoms with E-state index in [-0.39, 0.29) is 90.1 Å². The number of hydrogen-bond donors (Lipinski definition) is 16. The molecule has 11 atom stereocenters. The molecule has 538 valence electrons. The number of aliphatic hydroxyl groups excluding tert-OH is 2. The van der Waals surface area contributed by atoms with Gasteiger partial charge in [0.05, 0.1) is 18.2 Å². The van der Waals surface area contributed by atoms with E-state index >= 15 is 0 Å². The predicted octanol–water partition coefficient (Wildman–Crippen LogP) is -0.105. The third-order valence-electron chi connectivity index (χ3n) is 13.5. The quantitative estimate of drug-likeness (QED) is 0.0674. The zero-order chi connectivity index (χ0) is 72.2. The first kappa shape index (κ1) is 83.0. The molecule has 0 radical (unpaired) electrons. The minimum atomic E-state index is -1.76. The topological polar surface area (TPSA) is 465 Å². The summed E-state index contributed by atoms with van der Waals surface area (Å²) in [7, 11) is 0. The molecule has 0 aliphatic carbocycles. The molecule has 32 nitrogen and oxygen atoms in total. The van der Waals surface area contributed by atoms with E-state index in [0.717, 1.165) is 0 Å². The molecule has 1 heterocycles. The molecular weight excluding hydrogens is 1240 g/mol. The molecule has 17 N–H and O–H groups in total. The molecule has 0 saturated carbocycles. The van der Waals surface area contributed by atoms with Crippen molar-refractivity contribution in [2.24, 2.45) is 11.7 Å². The van der Waals surface area contributed by atoms with Crippen LogP contribution in [-0.4, -0.2) is 210 Å². The van der Waals surface area contributed by atoms with Gasteiger partial charge >= 0.3 is 24.4 Å². The second kappa shape index (κ2) is 39.1. The lowest BCUT2D eigenvalue weighted by atomic mass is 10.00. The maximum Gasteiger partial charge on any atom is 0.407 e. The number of benzene rings is 1. The SMILES string of the molecule is CC(C)C[C@@H]1NC(=O)[C@@H](Cc2ccccc2)NC(=O)[C@H](CCNC(=O)OC(C)(C)C)NC[C@@H](NC(=O)[C@H](CCNC(=O)OC(C)(C)C)NC(=O)[C@@H](N)C(C)O)CCNC(=O)[C@H]([C@H](C)O)NC(=O)[C@H](CCNC(=O)OC(C)(C)C)NC(=O)[C@H](CCNC(=O)OC(C)(C)C)NC1=O. The lowest BCUT2D eigenvalue weighted by molar-refractivity contribution is -0.136. The molecule has 32 heteroatoms. The van der Waals surface area contributed by atoms with Crippen molar-refractivity contribution in [3.8, 4) is 0 Å². The molecule has 1 aliphatic heterocycles. The smallest absolute Gasteiger partial charge is 0.407 e. The van der Waals surface area contributed by atoms with Gasteiger partial charge in [0.1, 0.15) is 64.7 Å². The van der Waals surface area contributed by atoms with Crippen LogP contribution < -0.4 is 74.9 Å². The Labute approximate surface area is 557 Å². The number of nitrogens with two attached hydrogens (primary N) is 1. The van der Waals surface area contributed by atoms with E-state index in [4.69, 9.17) is 24.7 Å². The summed E-state index contributed by atoms with van der Waals surface area (Å²) in [6.45, 7) is 23.8. The molecule has 1 aromatic carbocycles. The minimum absolute atomic E-state index is 0.0377. The summed E-state index contributed by atoms with van der Waals surface area (Å²) in [4.78, 5) is 167. The van der Waals surface area contributed by atoms with Crippen LogP contribution in [0.1, 0.15) is 155 Å². The average molecular weight is 1350 g/mol. The normalized spacial score (nSPS) is 21.5. The number of carbonyl (C=O) groups is 12. The Balaban J connectivity index is 2.98. The van der Waals surface area contributed by atoms with E-state index in [1.54, 1.807) is 127 Å². The van der Waals surface area contributed by atoms with Crippen LogP contribution >= 0.6 is 0 Å². The highest BCUT2D eigenvalue weighted by atomic mass is 16.6. The highest BCUT2D eigenvalue weighted by molar-refractivity contribution is 5.97. The fraction of sp³-hybridized carbons (Fsp3) is 0.714. The molecule has 1 unspecified atom stereocenters. The Morgan fingerprint density at radius 2 is 0.937 bits per heavy atom. The van der Waals surface area contributed by atoms with Crippen LogP contribution in [0.15, 0.2) is 30.3 Å². The molecule has 1 fully saturated rings. The molecule has 12 amide bonds. The van der Waals surface area contributed by atoms with Crippen LogP contribution in [0.3, 0.4) is 0 Å². The van der Waals surface area contributed by atoms with Crippen LogP contribution in [-0.2, 0) is 63.7 Å². The van der Waals surface area contributed by atoms with E-state index in [0.29, 0.717) is 5.56 Å².